The highest BCUT2D eigenvalue weighted by Crippen LogP contribution is 2.34. The zero-order chi connectivity index (χ0) is 18.1. The zero-order valence-corrected chi connectivity index (χ0v) is 15.1. The van der Waals surface area contributed by atoms with Gasteiger partial charge in [-0.25, -0.2) is 4.98 Å². The Labute approximate surface area is 143 Å². The van der Waals surface area contributed by atoms with Crippen molar-refractivity contribution in [3.05, 3.63) is 41.7 Å². The first-order chi connectivity index (χ1) is 11.0. The van der Waals surface area contributed by atoms with Gasteiger partial charge < -0.3 is 10.4 Å². The minimum Gasteiger partial charge on any atom is -0.386 e. The van der Waals surface area contributed by atoms with Crippen molar-refractivity contribution in [2.75, 3.05) is 5.32 Å². The largest absolute Gasteiger partial charge is 0.386 e. The Morgan fingerprint density at radius 1 is 1.08 bits per heavy atom. The second-order valence-corrected chi connectivity index (χ2v) is 7.54. The molecule has 0 aliphatic heterocycles. The highest BCUT2D eigenvalue weighted by atomic mass is 16.3. The predicted octanol–water partition coefficient (Wildman–Crippen LogP) is 3.63. The Hall–Kier alpha value is -2.27. The number of aliphatic hydroxyl groups is 1. The molecule has 0 saturated heterocycles. The van der Waals surface area contributed by atoms with Crippen LogP contribution < -0.4 is 5.32 Å². The fourth-order valence-corrected chi connectivity index (χ4v) is 2.39. The van der Waals surface area contributed by atoms with Gasteiger partial charge in [-0.3, -0.25) is 9.78 Å². The van der Waals surface area contributed by atoms with Gasteiger partial charge in [0.05, 0.1) is 11.3 Å². The van der Waals surface area contributed by atoms with E-state index in [1.54, 1.807) is 32.3 Å². The second kappa shape index (κ2) is 6.32. The molecule has 24 heavy (non-hydrogen) atoms. The highest BCUT2D eigenvalue weighted by molar-refractivity contribution is 5.87. The third-order valence-corrected chi connectivity index (χ3v) is 3.74. The topological polar surface area (TPSA) is 75.1 Å². The van der Waals surface area contributed by atoms with Crippen LogP contribution in [0.2, 0.25) is 0 Å². The molecule has 2 heterocycles. The summed E-state index contributed by atoms with van der Waals surface area (Å²) in [4.78, 5) is 20.0. The molecular formula is C19H25N3O2. The molecule has 0 saturated carbocycles. The number of amides is 1. The van der Waals surface area contributed by atoms with E-state index in [2.05, 4.69) is 36.1 Å². The summed E-state index contributed by atoms with van der Waals surface area (Å²) in [6.07, 6.45) is 3.40. The number of nitrogens with zero attached hydrogens (tertiary/aromatic N) is 2. The number of carbonyl (C=O) groups excluding carboxylic acids is 1. The van der Waals surface area contributed by atoms with Crippen molar-refractivity contribution in [2.45, 2.75) is 52.6 Å². The van der Waals surface area contributed by atoms with Crippen molar-refractivity contribution in [1.29, 1.82) is 0 Å². The maximum atomic E-state index is 11.1. The summed E-state index contributed by atoms with van der Waals surface area (Å²) in [5.74, 6) is 0.356. The lowest BCUT2D eigenvalue weighted by atomic mass is 9.82. The van der Waals surface area contributed by atoms with E-state index < -0.39 is 5.60 Å². The van der Waals surface area contributed by atoms with E-state index in [9.17, 15) is 9.90 Å². The summed E-state index contributed by atoms with van der Waals surface area (Å²) >= 11 is 0. The Bertz CT molecular complexity index is 739. The van der Waals surface area contributed by atoms with Crippen molar-refractivity contribution in [3.8, 4) is 11.3 Å². The van der Waals surface area contributed by atoms with Gasteiger partial charge in [-0.05, 0) is 43.0 Å². The van der Waals surface area contributed by atoms with Gasteiger partial charge in [0.1, 0.15) is 5.82 Å². The van der Waals surface area contributed by atoms with E-state index in [0.29, 0.717) is 5.82 Å². The summed E-state index contributed by atoms with van der Waals surface area (Å²) in [7, 11) is 0. The fraction of sp³-hybridized carbons (Fsp3) is 0.421. The van der Waals surface area contributed by atoms with Crippen LogP contribution in [0.15, 0.2) is 30.6 Å². The number of hydrogen-bond acceptors (Lipinski definition) is 4. The van der Waals surface area contributed by atoms with Crippen LogP contribution in [0, 0.1) is 0 Å². The van der Waals surface area contributed by atoms with Gasteiger partial charge in [-0.15, -0.1) is 0 Å². The summed E-state index contributed by atoms with van der Waals surface area (Å²) in [5.41, 5.74) is 2.43. The monoisotopic (exact) mass is 327 g/mol. The van der Waals surface area contributed by atoms with E-state index in [-0.39, 0.29) is 11.3 Å². The van der Waals surface area contributed by atoms with Crippen LogP contribution in [0.1, 0.15) is 52.7 Å². The molecule has 2 aromatic heterocycles. The average Bonchev–Trinajstić information content (AvgIpc) is 2.45. The van der Waals surface area contributed by atoms with Crippen molar-refractivity contribution in [3.63, 3.8) is 0 Å². The van der Waals surface area contributed by atoms with Crippen LogP contribution in [0.4, 0.5) is 5.82 Å². The van der Waals surface area contributed by atoms with Gasteiger partial charge in [-0.1, -0.05) is 20.8 Å². The minimum absolute atomic E-state index is 0.139. The van der Waals surface area contributed by atoms with Crippen LogP contribution >= 0.6 is 0 Å². The van der Waals surface area contributed by atoms with E-state index in [4.69, 9.17) is 0 Å². The molecule has 2 rings (SSSR count). The number of carbonyl (C=O) groups is 1. The fourth-order valence-electron chi connectivity index (χ4n) is 2.39. The van der Waals surface area contributed by atoms with Gasteiger partial charge in [0.2, 0.25) is 5.91 Å². The Morgan fingerprint density at radius 3 is 2.21 bits per heavy atom. The normalized spacial score (nSPS) is 12.1. The Kier molecular flexibility index (Phi) is 4.76. The van der Waals surface area contributed by atoms with Crippen LogP contribution in [-0.4, -0.2) is 21.0 Å². The van der Waals surface area contributed by atoms with Crippen molar-refractivity contribution >= 4 is 11.7 Å². The molecule has 2 N–H and O–H groups in total. The lowest BCUT2D eigenvalue weighted by Crippen LogP contribution is -2.20. The summed E-state index contributed by atoms with van der Waals surface area (Å²) in [6.45, 7) is 11.3. The molecule has 0 unspecified atom stereocenters. The third-order valence-electron chi connectivity index (χ3n) is 3.74. The smallest absolute Gasteiger partial charge is 0.222 e. The van der Waals surface area contributed by atoms with Crippen LogP contribution in [0.3, 0.4) is 0 Å². The number of anilines is 1. The number of pyridine rings is 2. The maximum Gasteiger partial charge on any atom is 0.222 e. The highest BCUT2D eigenvalue weighted by Gasteiger charge is 2.24. The molecule has 2 aromatic rings. The quantitative estimate of drug-likeness (QED) is 0.903. The van der Waals surface area contributed by atoms with Crippen molar-refractivity contribution < 1.29 is 9.90 Å². The average molecular weight is 327 g/mol. The number of aromatic nitrogens is 2. The first-order valence-electron chi connectivity index (χ1n) is 7.96. The standard InChI is InChI=1S/C19H25N3O2/c1-12(23)22-16-8-7-13(10-20-16)17-15(18(2,3)4)9-14(11-21-17)19(5,6)24/h7-11,24H,1-6H3,(H,20,22,23). The van der Waals surface area contributed by atoms with E-state index in [1.807, 2.05) is 12.1 Å². The summed E-state index contributed by atoms with van der Waals surface area (Å²) in [6, 6.07) is 5.65. The van der Waals surface area contributed by atoms with Gasteiger partial charge >= 0.3 is 0 Å². The van der Waals surface area contributed by atoms with Gasteiger partial charge in [-0.2, -0.15) is 0 Å². The number of nitrogens with one attached hydrogen (secondary N) is 1. The molecule has 0 atom stereocenters. The van der Waals surface area contributed by atoms with Gasteiger partial charge in [0, 0.05) is 30.4 Å². The molecule has 0 spiro atoms. The number of rotatable bonds is 3. The maximum absolute atomic E-state index is 11.1. The molecule has 0 bridgehead atoms. The van der Waals surface area contributed by atoms with E-state index >= 15 is 0 Å². The molecule has 128 valence electrons. The van der Waals surface area contributed by atoms with Crippen molar-refractivity contribution in [2.24, 2.45) is 0 Å². The molecule has 0 radical (unpaired) electrons. The van der Waals surface area contributed by atoms with E-state index in [0.717, 1.165) is 22.4 Å². The molecule has 5 nitrogen and oxygen atoms in total. The molecule has 0 aliphatic carbocycles. The van der Waals surface area contributed by atoms with E-state index in [1.165, 1.54) is 6.92 Å². The lowest BCUT2D eigenvalue weighted by molar-refractivity contribution is -0.114. The molecule has 5 heteroatoms. The first-order valence-corrected chi connectivity index (χ1v) is 7.96. The Balaban J connectivity index is 2.51. The minimum atomic E-state index is -0.945. The molecule has 0 fully saturated rings. The lowest BCUT2D eigenvalue weighted by Gasteiger charge is -2.26. The number of hydrogen-bond donors (Lipinski definition) is 2. The Morgan fingerprint density at radius 2 is 1.75 bits per heavy atom. The molecule has 1 amide bonds. The molecular weight excluding hydrogens is 302 g/mol. The SMILES string of the molecule is CC(=O)Nc1ccc(-c2ncc(C(C)(C)O)cc2C(C)(C)C)cn1. The van der Waals surface area contributed by atoms with Crippen LogP contribution in [0.5, 0.6) is 0 Å². The molecule has 0 aromatic carbocycles. The summed E-state index contributed by atoms with van der Waals surface area (Å²) < 4.78 is 0. The predicted molar refractivity (Wildman–Crippen MR) is 95.7 cm³/mol. The van der Waals surface area contributed by atoms with Crippen molar-refractivity contribution in [1.82, 2.24) is 9.97 Å². The van der Waals surface area contributed by atoms with Crippen LogP contribution in [0.25, 0.3) is 11.3 Å². The summed E-state index contributed by atoms with van der Waals surface area (Å²) in [5, 5.41) is 12.9. The molecule has 0 aliphatic rings. The van der Waals surface area contributed by atoms with Gasteiger partial charge in [0.25, 0.3) is 0 Å². The van der Waals surface area contributed by atoms with Gasteiger partial charge in [0.15, 0.2) is 0 Å². The van der Waals surface area contributed by atoms with Crippen LogP contribution in [-0.2, 0) is 15.8 Å². The third kappa shape index (κ3) is 4.17. The zero-order valence-electron chi connectivity index (χ0n) is 15.1. The first kappa shape index (κ1) is 18.1. The second-order valence-electron chi connectivity index (χ2n) is 7.54.